The lowest BCUT2D eigenvalue weighted by atomic mass is 10.2. The number of hydrogen-bond acceptors (Lipinski definition) is 6. The van der Waals surface area contributed by atoms with Gasteiger partial charge >= 0.3 is 0 Å². The largest absolute Gasteiger partial charge is 0.396 e. The first-order valence-electron chi connectivity index (χ1n) is 10.1. The standard InChI is InChI=1S/C23H25ClN4O4/c1-17(31)28(26-14-20-8-4-5-9-22(20)24)21(10-11-29)15-32-27(16-30)23-12-18-6-2-3-7-19(18)13-25-23/h2-9,12-13,16,21,26,29H,10-11,14-15H2,1H3/t21-/m0/s1. The van der Waals surface area contributed by atoms with Crippen LogP contribution in [0, 0.1) is 0 Å². The van der Waals surface area contributed by atoms with Crippen molar-refractivity contribution >= 4 is 40.5 Å². The number of aliphatic hydroxyl groups is 1. The topological polar surface area (TPSA) is 95.0 Å². The van der Waals surface area contributed by atoms with Crippen molar-refractivity contribution in [1.82, 2.24) is 15.4 Å². The van der Waals surface area contributed by atoms with E-state index in [1.54, 1.807) is 18.3 Å². The number of nitrogens with zero attached hydrogens (tertiary/aromatic N) is 3. The molecule has 3 aromatic rings. The first kappa shape index (κ1) is 23.6. The summed E-state index contributed by atoms with van der Waals surface area (Å²) in [4.78, 5) is 33.9. The van der Waals surface area contributed by atoms with Crippen molar-refractivity contribution in [3.8, 4) is 0 Å². The van der Waals surface area contributed by atoms with Crippen LogP contribution in [0.5, 0.6) is 0 Å². The lowest BCUT2D eigenvalue weighted by Gasteiger charge is -2.32. The SMILES string of the molecule is CC(=O)N(NCc1ccccc1Cl)[C@@H](CCO)CON(C=O)c1cc2ccccc2cn1. The molecular weight excluding hydrogens is 432 g/mol. The van der Waals surface area contributed by atoms with E-state index in [-0.39, 0.29) is 25.5 Å². The fourth-order valence-electron chi connectivity index (χ4n) is 3.26. The summed E-state index contributed by atoms with van der Waals surface area (Å²) in [5.41, 5.74) is 3.87. The van der Waals surface area contributed by atoms with Gasteiger partial charge in [-0.15, -0.1) is 0 Å². The fraction of sp³-hybridized carbons (Fsp3) is 0.261. The molecule has 0 spiro atoms. The van der Waals surface area contributed by atoms with Gasteiger partial charge in [0.15, 0.2) is 5.82 Å². The van der Waals surface area contributed by atoms with E-state index in [0.29, 0.717) is 23.8 Å². The number of nitrogens with one attached hydrogen (secondary N) is 1. The molecule has 2 aromatic carbocycles. The highest BCUT2D eigenvalue weighted by Gasteiger charge is 2.23. The number of aromatic nitrogens is 1. The van der Waals surface area contributed by atoms with Gasteiger partial charge in [0.25, 0.3) is 0 Å². The Hall–Kier alpha value is -3.04. The van der Waals surface area contributed by atoms with E-state index in [2.05, 4.69) is 10.4 Å². The van der Waals surface area contributed by atoms with Gasteiger partial charge in [0.1, 0.15) is 0 Å². The highest BCUT2D eigenvalue weighted by molar-refractivity contribution is 6.31. The van der Waals surface area contributed by atoms with Crippen molar-refractivity contribution in [1.29, 1.82) is 0 Å². The summed E-state index contributed by atoms with van der Waals surface area (Å²) in [6.45, 7) is 1.51. The molecule has 0 saturated heterocycles. The van der Waals surface area contributed by atoms with Crippen LogP contribution in [-0.2, 0) is 21.0 Å². The predicted octanol–water partition coefficient (Wildman–Crippen LogP) is 3.09. The van der Waals surface area contributed by atoms with Crippen molar-refractivity contribution in [3.63, 3.8) is 0 Å². The van der Waals surface area contributed by atoms with Gasteiger partial charge < -0.3 is 5.11 Å². The average molecular weight is 457 g/mol. The van der Waals surface area contributed by atoms with Crippen molar-refractivity contribution in [2.45, 2.75) is 25.9 Å². The zero-order valence-corrected chi connectivity index (χ0v) is 18.4. The number of fused-ring (bicyclic) bond motifs is 1. The summed E-state index contributed by atoms with van der Waals surface area (Å²) in [7, 11) is 0. The molecule has 0 aliphatic carbocycles. The third kappa shape index (κ3) is 6.02. The van der Waals surface area contributed by atoms with Crippen LogP contribution in [-0.4, -0.2) is 46.7 Å². The molecule has 0 bridgehead atoms. The third-order valence-electron chi connectivity index (χ3n) is 4.91. The van der Waals surface area contributed by atoms with E-state index in [1.165, 1.54) is 11.9 Å². The Morgan fingerprint density at radius 3 is 2.62 bits per heavy atom. The Balaban J connectivity index is 1.71. The Morgan fingerprint density at radius 1 is 1.22 bits per heavy atom. The second-order valence-electron chi connectivity index (χ2n) is 7.10. The number of halogens is 1. The van der Waals surface area contributed by atoms with Gasteiger partial charge in [-0.2, -0.15) is 5.06 Å². The zero-order valence-electron chi connectivity index (χ0n) is 17.6. The van der Waals surface area contributed by atoms with Crippen molar-refractivity contribution in [2.24, 2.45) is 0 Å². The number of rotatable bonds is 11. The molecule has 1 heterocycles. The number of hydrogen-bond donors (Lipinski definition) is 2. The molecule has 9 heteroatoms. The molecule has 2 N–H and O–H groups in total. The number of carbonyl (C=O) groups is 2. The summed E-state index contributed by atoms with van der Waals surface area (Å²) in [5.74, 6) is 0.0560. The van der Waals surface area contributed by atoms with Gasteiger partial charge in [0.05, 0.1) is 12.6 Å². The van der Waals surface area contributed by atoms with Gasteiger partial charge in [-0.1, -0.05) is 54.1 Å². The van der Waals surface area contributed by atoms with Crippen LogP contribution in [0.25, 0.3) is 10.8 Å². The molecule has 3 rings (SSSR count). The molecular formula is C23H25ClN4O4. The number of anilines is 1. The van der Waals surface area contributed by atoms with E-state index in [1.807, 2.05) is 42.5 Å². The minimum absolute atomic E-state index is 0.0388. The van der Waals surface area contributed by atoms with E-state index in [0.717, 1.165) is 21.4 Å². The number of pyridine rings is 1. The monoisotopic (exact) mass is 456 g/mol. The molecule has 0 saturated carbocycles. The van der Waals surface area contributed by atoms with Crippen molar-refractivity contribution in [3.05, 3.63) is 71.4 Å². The first-order valence-corrected chi connectivity index (χ1v) is 10.5. The fourth-order valence-corrected chi connectivity index (χ4v) is 3.46. The number of benzene rings is 2. The normalized spacial score (nSPS) is 11.8. The lowest BCUT2D eigenvalue weighted by Crippen LogP contribution is -2.51. The summed E-state index contributed by atoms with van der Waals surface area (Å²) in [6, 6.07) is 16.1. The molecule has 1 atom stereocenters. The smallest absolute Gasteiger partial charge is 0.239 e. The quantitative estimate of drug-likeness (QED) is 0.340. The number of hydroxylamine groups is 1. The predicted molar refractivity (Wildman–Crippen MR) is 123 cm³/mol. The average Bonchev–Trinajstić information content (AvgIpc) is 2.80. The van der Waals surface area contributed by atoms with Crippen LogP contribution in [0.3, 0.4) is 0 Å². The van der Waals surface area contributed by atoms with Gasteiger partial charge in [0, 0.05) is 36.7 Å². The third-order valence-corrected chi connectivity index (χ3v) is 5.28. The van der Waals surface area contributed by atoms with E-state index in [9.17, 15) is 14.7 Å². The number of amides is 2. The van der Waals surface area contributed by atoms with Crippen LogP contribution in [0.4, 0.5) is 5.82 Å². The van der Waals surface area contributed by atoms with Crippen LogP contribution in [0.15, 0.2) is 60.8 Å². The minimum Gasteiger partial charge on any atom is -0.396 e. The molecule has 0 unspecified atom stereocenters. The summed E-state index contributed by atoms with van der Waals surface area (Å²) >= 11 is 6.20. The highest BCUT2D eigenvalue weighted by Crippen LogP contribution is 2.19. The van der Waals surface area contributed by atoms with Gasteiger partial charge in [-0.25, -0.2) is 10.4 Å². The van der Waals surface area contributed by atoms with E-state index in [4.69, 9.17) is 16.4 Å². The summed E-state index contributed by atoms with van der Waals surface area (Å²) in [5, 5.41) is 14.3. The van der Waals surface area contributed by atoms with E-state index < -0.39 is 6.04 Å². The van der Waals surface area contributed by atoms with Crippen molar-refractivity contribution < 1.29 is 19.5 Å². The van der Waals surface area contributed by atoms with Crippen LogP contribution in [0.2, 0.25) is 5.02 Å². The maximum Gasteiger partial charge on any atom is 0.239 e. The van der Waals surface area contributed by atoms with Gasteiger partial charge in [0.2, 0.25) is 12.3 Å². The lowest BCUT2D eigenvalue weighted by molar-refractivity contribution is -0.138. The summed E-state index contributed by atoms with van der Waals surface area (Å²) < 4.78 is 0. The van der Waals surface area contributed by atoms with Crippen LogP contribution < -0.4 is 10.5 Å². The molecule has 1 aromatic heterocycles. The Labute approximate surface area is 191 Å². The number of carbonyl (C=O) groups excluding carboxylic acids is 2. The first-order chi connectivity index (χ1) is 15.5. The minimum atomic E-state index is -0.539. The molecule has 0 fully saturated rings. The Bertz CT molecular complexity index is 1060. The molecule has 168 valence electrons. The second-order valence-corrected chi connectivity index (χ2v) is 7.51. The highest BCUT2D eigenvalue weighted by atomic mass is 35.5. The second kappa shape index (κ2) is 11.5. The molecule has 8 nitrogen and oxygen atoms in total. The van der Waals surface area contributed by atoms with Crippen LogP contribution >= 0.6 is 11.6 Å². The molecule has 0 aliphatic rings. The Kier molecular flexibility index (Phi) is 8.52. The number of hydrazine groups is 1. The Morgan fingerprint density at radius 2 is 1.94 bits per heavy atom. The van der Waals surface area contributed by atoms with Gasteiger partial charge in [-0.05, 0) is 29.5 Å². The zero-order chi connectivity index (χ0) is 22.9. The van der Waals surface area contributed by atoms with Crippen LogP contribution in [0.1, 0.15) is 18.9 Å². The van der Waals surface area contributed by atoms with Gasteiger partial charge in [-0.3, -0.25) is 19.4 Å². The molecule has 0 aliphatic heterocycles. The maximum atomic E-state index is 12.3. The molecule has 32 heavy (non-hydrogen) atoms. The summed E-state index contributed by atoms with van der Waals surface area (Å²) in [6.07, 6.45) is 2.41. The maximum absolute atomic E-state index is 12.3. The van der Waals surface area contributed by atoms with E-state index >= 15 is 0 Å². The van der Waals surface area contributed by atoms with Crippen molar-refractivity contribution in [2.75, 3.05) is 18.3 Å². The molecule has 2 amide bonds. The molecule has 0 radical (unpaired) electrons. The number of aliphatic hydroxyl groups excluding tert-OH is 1.